The van der Waals surface area contributed by atoms with Crippen molar-refractivity contribution in [3.63, 3.8) is 0 Å². The number of anilines is 2. The Labute approximate surface area is 122 Å². The third-order valence-corrected chi connectivity index (χ3v) is 2.89. The quantitative estimate of drug-likeness (QED) is 0.831. The van der Waals surface area contributed by atoms with E-state index in [1.165, 1.54) is 11.8 Å². The molecule has 0 amide bonds. The average Bonchev–Trinajstić information content (AvgIpc) is 2.74. The molecule has 2 heterocycles. The summed E-state index contributed by atoms with van der Waals surface area (Å²) in [5.74, 6) is 1.18. The molecule has 0 aliphatic rings. The number of nitrogen functional groups attached to an aromatic ring is 1. The fourth-order valence-electron chi connectivity index (χ4n) is 2.01. The monoisotopic (exact) mass is 290 g/mol. The van der Waals surface area contributed by atoms with E-state index < -0.39 is 5.97 Å². The van der Waals surface area contributed by atoms with Gasteiger partial charge in [-0.15, -0.1) is 5.10 Å². The van der Waals surface area contributed by atoms with Crippen LogP contribution >= 0.6 is 0 Å². The minimum atomic E-state index is -0.537. The van der Waals surface area contributed by atoms with Gasteiger partial charge in [0, 0.05) is 25.9 Å². The highest BCUT2D eigenvalue weighted by Crippen LogP contribution is 2.26. The van der Waals surface area contributed by atoms with Crippen LogP contribution in [-0.4, -0.2) is 46.9 Å². The lowest BCUT2D eigenvalue weighted by atomic mass is 10.3. The molecule has 2 aromatic heterocycles. The molecule has 21 heavy (non-hydrogen) atoms. The van der Waals surface area contributed by atoms with Crippen molar-refractivity contribution in [1.82, 2.24) is 19.7 Å². The van der Waals surface area contributed by atoms with Gasteiger partial charge in [0.05, 0.1) is 7.11 Å². The van der Waals surface area contributed by atoms with Crippen LogP contribution in [0, 0.1) is 13.8 Å². The number of esters is 1. The molecule has 0 spiro atoms. The Morgan fingerprint density at radius 1 is 1.33 bits per heavy atom. The minimum absolute atomic E-state index is 0.183. The smallest absolute Gasteiger partial charge is 0.345 e. The van der Waals surface area contributed by atoms with Gasteiger partial charge >= 0.3 is 5.97 Å². The second-order valence-electron chi connectivity index (χ2n) is 4.80. The van der Waals surface area contributed by atoms with E-state index in [0.29, 0.717) is 17.5 Å². The van der Waals surface area contributed by atoms with E-state index in [2.05, 4.69) is 15.1 Å². The predicted octanol–water partition coefficient (Wildman–Crippen LogP) is 0.714. The van der Waals surface area contributed by atoms with E-state index in [-0.39, 0.29) is 11.4 Å². The van der Waals surface area contributed by atoms with Crippen molar-refractivity contribution >= 4 is 17.6 Å². The Kier molecular flexibility index (Phi) is 3.79. The Morgan fingerprint density at radius 3 is 2.52 bits per heavy atom. The number of carbonyl (C=O) groups is 1. The number of rotatable bonds is 3. The Bertz CT molecular complexity index is 672. The first kappa shape index (κ1) is 14.8. The zero-order valence-corrected chi connectivity index (χ0v) is 12.7. The summed E-state index contributed by atoms with van der Waals surface area (Å²) in [6.45, 7) is 3.64. The van der Waals surface area contributed by atoms with E-state index >= 15 is 0 Å². The summed E-state index contributed by atoms with van der Waals surface area (Å²) in [7, 11) is 4.85. The van der Waals surface area contributed by atoms with Crippen LogP contribution in [0.4, 0.5) is 11.6 Å². The molecule has 0 radical (unpaired) electrons. The van der Waals surface area contributed by atoms with Gasteiger partial charge in [0.15, 0.2) is 11.6 Å². The predicted molar refractivity (Wildman–Crippen MR) is 78.7 cm³/mol. The average molecular weight is 290 g/mol. The van der Waals surface area contributed by atoms with Gasteiger partial charge in [0.2, 0.25) is 0 Å². The van der Waals surface area contributed by atoms with Gasteiger partial charge in [-0.25, -0.2) is 14.8 Å². The van der Waals surface area contributed by atoms with Crippen molar-refractivity contribution < 1.29 is 9.53 Å². The van der Waals surface area contributed by atoms with Crippen molar-refractivity contribution in [2.24, 2.45) is 0 Å². The zero-order valence-electron chi connectivity index (χ0n) is 12.7. The van der Waals surface area contributed by atoms with Crippen LogP contribution in [0.3, 0.4) is 0 Å². The van der Waals surface area contributed by atoms with Crippen molar-refractivity contribution in [1.29, 1.82) is 0 Å². The lowest BCUT2D eigenvalue weighted by molar-refractivity contribution is 0.0602. The van der Waals surface area contributed by atoms with Gasteiger partial charge < -0.3 is 15.4 Å². The highest BCUT2D eigenvalue weighted by molar-refractivity contribution is 6.00. The maximum absolute atomic E-state index is 11.9. The third kappa shape index (κ3) is 2.64. The van der Waals surface area contributed by atoms with Crippen LogP contribution in [0.15, 0.2) is 6.07 Å². The Balaban J connectivity index is 2.68. The number of hydrogen-bond acceptors (Lipinski definition) is 7. The summed E-state index contributed by atoms with van der Waals surface area (Å²) in [4.78, 5) is 22.1. The van der Waals surface area contributed by atoms with Gasteiger partial charge in [0.1, 0.15) is 17.2 Å². The fourth-order valence-corrected chi connectivity index (χ4v) is 2.01. The van der Waals surface area contributed by atoms with Gasteiger partial charge in [-0.1, -0.05) is 0 Å². The Hall–Kier alpha value is -2.64. The molecule has 8 heteroatoms. The molecule has 0 fully saturated rings. The second kappa shape index (κ2) is 5.39. The molecule has 0 atom stereocenters. The highest BCUT2D eigenvalue weighted by atomic mass is 16.5. The molecule has 2 N–H and O–H groups in total. The minimum Gasteiger partial charge on any atom is -0.465 e. The standard InChI is InChI=1S/C13H18N6O2/c1-7-6-9(16-8(2)15-7)19-11(14)10(13(20)21-5)12(17-19)18(3)4/h6H,14H2,1-5H3. The summed E-state index contributed by atoms with van der Waals surface area (Å²) < 4.78 is 6.19. The zero-order chi connectivity index (χ0) is 15.7. The fraction of sp³-hybridized carbons (Fsp3) is 0.385. The Morgan fingerprint density at radius 2 is 2.00 bits per heavy atom. The van der Waals surface area contributed by atoms with E-state index in [1.807, 2.05) is 6.92 Å². The molecule has 0 saturated carbocycles. The van der Waals surface area contributed by atoms with Gasteiger partial charge in [-0.3, -0.25) is 0 Å². The lowest BCUT2D eigenvalue weighted by Crippen LogP contribution is -2.14. The number of carbonyl (C=O) groups excluding carboxylic acids is 1. The van der Waals surface area contributed by atoms with Crippen LogP contribution < -0.4 is 10.6 Å². The van der Waals surface area contributed by atoms with Gasteiger partial charge in [-0.05, 0) is 13.8 Å². The summed E-state index contributed by atoms with van der Waals surface area (Å²) in [5.41, 5.74) is 7.07. The highest BCUT2D eigenvalue weighted by Gasteiger charge is 2.25. The summed E-state index contributed by atoms with van der Waals surface area (Å²) in [6, 6.07) is 1.75. The number of nitrogens with zero attached hydrogens (tertiary/aromatic N) is 5. The molecule has 0 saturated heterocycles. The van der Waals surface area contributed by atoms with Gasteiger partial charge in [-0.2, -0.15) is 4.68 Å². The van der Waals surface area contributed by atoms with Crippen LogP contribution in [0.2, 0.25) is 0 Å². The van der Waals surface area contributed by atoms with Crippen LogP contribution in [-0.2, 0) is 4.74 Å². The molecule has 2 aromatic rings. The normalized spacial score (nSPS) is 10.5. The van der Waals surface area contributed by atoms with Crippen molar-refractivity contribution in [2.45, 2.75) is 13.8 Å². The number of nitrogens with two attached hydrogens (primary N) is 1. The van der Waals surface area contributed by atoms with Crippen LogP contribution in [0.1, 0.15) is 21.9 Å². The van der Waals surface area contributed by atoms with Crippen LogP contribution in [0.25, 0.3) is 5.82 Å². The SMILES string of the molecule is COC(=O)c1c(N(C)C)nn(-c2cc(C)nc(C)n2)c1N. The molecule has 0 aromatic carbocycles. The molecule has 112 valence electrons. The second-order valence-corrected chi connectivity index (χ2v) is 4.80. The number of ether oxygens (including phenoxy) is 1. The number of methoxy groups -OCH3 is 1. The third-order valence-electron chi connectivity index (χ3n) is 2.89. The topological polar surface area (TPSA) is 99.2 Å². The summed E-state index contributed by atoms with van der Waals surface area (Å²) in [5, 5.41) is 4.36. The van der Waals surface area contributed by atoms with Crippen molar-refractivity contribution in [3.05, 3.63) is 23.1 Å². The van der Waals surface area contributed by atoms with E-state index in [4.69, 9.17) is 10.5 Å². The first-order chi connectivity index (χ1) is 9.85. The first-order valence-corrected chi connectivity index (χ1v) is 6.32. The molecule has 0 aliphatic carbocycles. The first-order valence-electron chi connectivity index (χ1n) is 6.32. The van der Waals surface area contributed by atoms with Gasteiger partial charge in [0.25, 0.3) is 0 Å². The molecule has 0 unspecified atom stereocenters. The lowest BCUT2D eigenvalue weighted by Gasteiger charge is -2.09. The molecular weight excluding hydrogens is 272 g/mol. The number of hydrogen-bond donors (Lipinski definition) is 1. The molecule has 0 bridgehead atoms. The molecule has 8 nitrogen and oxygen atoms in total. The van der Waals surface area contributed by atoms with E-state index in [9.17, 15) is 4.79 Å². The maximum atomic E-state index is 11.9. The molecule has 2 rings (SSSR count). The maximum Gasteiger partial charge on any atom is 0.345 e. The van der Waals surface area contributed by atoms with E-state index in [0.717, 1.165) is 5.69 Å². The van der Waals surface area contributed by atoms with Crippen LogP contribution in [0.5, 0.6) is 0 Å². The van der Waals surface area contributed by atoms with Crippen molar-refractivity contribution in [3.8, 4) is 5.82 Å². The largest absolute Gasteiger partial charge is 0.465 e. The molecule has 0 aliphatic heterocycles. The summed E-state index contributed by atoms with van der Waals surface area (Å²) in [6.07, 6.45) is 0. The molecular formula is C13H18N6O2. The number of aromatic nitrogens is 4. The van der Waals surface area contributed by atoms with E-state index in [1.54, 1.807) is 32.0 Å². The van der Waals surface area contributed by atoms with Crippen molar-refractivity contribution in [2.75, 3.05) is 31.8 Å². The summed E-state index contributed by atoms with van der Waals surface area (Å²) >= 11 is 0. The number of aryl methyl sites for hydroxylation is 2.